The fraction of sp³-hybridized carbons (Fsp3) is 0.524. The second-order valence-corrected chi connectivity index (χ2v) is 7.78. The van der Waals surface area contributed by atoms with Crippen LogP contribution in [-0.2, 0) is 22.5 Å². The minimum Gasteiger partial charge on any atom is -0.469 e. The summed E-state index contributed by atoms with van der Waals surface area (Å²) in [7, 11) is 1.39. The third-order valence-corrected chi connectivity index (χ3v) is 5.95. The number of aromatic nitrogens is 2. The number of nitrogens with zero attached hydrogens (tertiary/aromatic N) is 4. The second kappa shape index (κ2) is 7.94. The lowest BCUT2D eigenvalue weighted by Crippen LogP contribution is -2.53. The molecule has 29 heavy (non-hydrogen) atoms. The van der Waals surface area contributed by atoms with E-state index in [0.717, 1.165) is 25.2 Å². The first kappa shape index (κ1) is 19.6. The number of hydrogen-bond acceptors (Lipinski definition) is 6. The monoisotopic (exact) mass is 398 g/mol. The summed E-state index contributed by atoms with van der Waals surface area (Å²) in [6.45, 7) is 5.31. The topological polar surface area (TPSA) is 84.7 Å². The van der Waals surface area contributed by atoms with Crippen LogP contribution in [0.4, 0.5) is 0 Å². The predicted octanol–water partition coefficient (Wildman–Crippen LogP) is 1.05. The third kappa shape index (κ3) is 3.76. The number of amides is 1. The molecule has 154 valence electrons. The number of esters is 1. The molecule has 2 aliphatic heterocycles. The summed E-state index contributed by atoms with van der Waals surface area (Å²) in [6, 6.07) is 5.35. The Morgan fingerprint density at radius 2 is 2.07 bits per heavy atom. The van der Waals surface area contributed by atoms with Crippen molar-refractivity contribution in [2.75, 3.05) is 33.3 Å². The fourth-order valence-electron chi connectivity index (χ4n) is 4.25. The van der Waals surface area contributed by atoms with Gasteiger partial charge >= 0.3 is 5.97 Å². The molecule has 1 fully saturated rings. The number of fused-ring (bicyclic) bond motifs is 2. The van der Waals surface area contributed by atoms with Crippen LogP contribution in [-0.4, -0.2) is 70.6 Å². The van der Waals surface area contributed by atoms with Gasteiger partial charge < -0.3 is 9.64 Å². The number of hydrogen-bond donors (Lipinski definition) is 0. The number of carbonyl (C=O) groups is 2. The van der Waals surface area contributed by atoms with Crippen LogP contribution in [0.5, 0.6) is 0 Å². The Bertz CT molecular complexity index is 1020. The van der Waals surface area contributed by atoms with Crippen LogP contribution >= 0.6 is 0 Å². The molecule has 2 aliphatic rings. The van der Waals surface area contributed by atoms with Gasteiger partial charge in [-0.25, -0.2) is 4.98 Å². The Morgan fingerprint density at radius 3 is 2.83 bits per heavy atom. The van der Waals surface area contributed by atoms with Gasteiger partial charge in [-0.15, -0.1) is 0 Å². The first-order valence-corrected chi connectivity index (χ1v) is 10.1. The van der Waals surface area contributed by atoms with Gasteiger partial charge in [0.05, 0.1) is 24.4 Å². The van der Waals surface area contributed by atoms with Crippen molar-refractivity contribution in [1.82, 2.24) is 19.4 Å². The molecule has 3 heterocycles. The average Bonchev–Trinajstić information content (AvgIpc) is 3.20. The molecule has 1 atom stereocenters. The first-order valence-electron chi connectivity index (χ1n) is 10.1. The number of carbonyl (C=O) groups excluding carboxylic acids is 2. The maximum Gasteiger partial charge on any atom is 0.306 e. The Labute approximate surface area is 169 Å². The molecular weight excluding hydrogens is 372 g/mol. The molecular formula is C21H26N4O4. The van der Waals surface area contributed by atoms with Gasteiger partial charge in [0.2, 0.25) is 0 Å². The maximum absolute atomic E-state index is 13.0. The summed E-state index contributed by atoms with van der Waals surface area (Å²) in [5.74, 6) is 0.537. The molecule has 0 N–H and O–H groups in total. The largest absolute Gasteiger partial charge is 0.469 e. The smallest absolute Gasteiger partial charge is 0.306 e. The Kier molecular flexibility index (Phi) is 5.36. The van der Waals surface area contributed by atoms with Gasteiger partial charge in [0.15, 0.2) is 0 Å². The minimum absolute atomic E-state index is 0.0191. The molecule has 8 heteroatoms. The van der Waals surface area contributed by atoms with Gasteiger partial charge in [0, 0.05) is 50.7 Å². The van der Waals surface area contributed by atoms with Crippen LogP contribution < -0.4 is 5.56 Å². The van der Waals surface area contributed by atoms with E-state index >= 15 is 0 Å². The normalized spacial score (nSPS) is 19.4. The van der Waals surface area contributed by atoms with Crippen LogP contribution in [0.15, 0.2) is 23.0 Å². The van der Waals surface area contributed by atoms with Crippen molar-refractivity contribution in [3.8, 4) is 0 Å². The van der Waals surface area contributed by atoms with E-state index in [0.29, 0.717) is 49.1 Å². The molecule has 1 aromatic carbocycles. The highest BCUT2D eigenvalue weighted by Gasteiger charge is 2.28. The van der Waals surface area contributed by atoms with Crippen molar-refractivity contribution < 1.29 is 14.3 Å². The van der Waals surface area contributed by atoms with Gasteiger partial charge in [0.25, 0.3) is 11.5 Å². The van der Waals surface area contributed by atoms with Crippen LogP contribution in [0.25, 0.3) is 10.9 Å². The zero-order valence-electron chi connectivity index (χ0n) is 16.9. The zero-order chi connectivity index (χ0) is 20.5. The van der Waals surface area contributed by atoms with Crippen molar-refractivity contribution in [1.29, 1.82) is 0 Å². The molecule has 1 aromatic heterocycles. The number of ether oxygens (including phenoxy) is 1. The van der Waals surface area contributed by atoms with Crippen LogP contribution in [0.1, 0.15) is 35.9 Å². The Hall–Kier alpha value is -2.74. The fourth-order valence-corrected chi connectivity index (χ4v) is 4.25. The van der Waals surface area contributed by atoms with E-state index in [1.165, 1.54) is 7.11 Å². The van der Waals surface area contributed by atoms with Gasteiger partial charge in [-0.1, -0.05) is 0 Å². The molecule has 1 unspecified atom stereocenters. The summed E-state index contributed by atoms with van der Waals surface area (Å²) in [4.78, 5) is 45.7. The van der Waals surface area contributed by atoms with Crippen molar-refractivity contribution in [3.05, 3.63) is 39.9 Å². The van der Waals surface area contributed by atoms with Crippen molar-refractivity contribution in [2.45, 2.75) is 38.8 Å². The molecule has 4 rings (SSSR count). The van der Waals surface area contributed by atoms with Crippen LogP contribution in [0, 0.1) is 0 Å². The number of aryl methyl sites for hydroxylation is 1. The standard InChI is InChI=1S/C21H26N4O4/c1-14-13-24(11-10-23(14)9-7-19(26)29-2)20(27)15-5-6-16-17(12-15)22-18-4-3-8-25(18)21(16)28/h5-6,12,14H,3-4,7-11,13H2,1-2H3. The summed E-state index contributed by atoms with van der Waals surface area (Å²) in [6.07, 6.45) is 2.09. The molecule has 1 saturated heterocycles. The van der Waals surface area contributed by atoms with Gasteiger partial charge in [-0.3, -0.25) is 23.9 Å². The molecule has 0 bridgehead atoms. The Balaban J connectivity index is 1.49. The van der Waals surface area contributed by atoms with Crippen molar-refractivity contribution in [3.63, 3.8) is 0 Å². The number of piperazine rings is 1. The van der Waals surface area contributed by atoms with Crippen LogP contribution in [0.2, 0.25) is 0 Å². The highest BCUT2D eigenvalue weighted by Crippen LogP contribution is 2.19. The van der Waals surface area contributed by atoms with Crippen molar-refractivity contribution in [2.24, 2.45) is 0 Å². The van der Waals surface area contributed by atoms with Crippen molar-refractivity contribution >= 4 is 22.8 Å². The summed E-state index contributed by atoms with van der Waals surface area (Å²) >= 11 is 0. The van der Waals surface area contributed by atoms with E-state index in [4.69, 9.17) is 4.74 Å². The number of methoxy groups -OCH3 is 1. The minimum atomic E-state index is -0.221. The maximum atomic E-state index is 13.0. The van der Waals surface area contributed by atoms with Gasteiger partial charge in [-0.2, -0.15) is 0 Å². The van der Waals surface area contributed by atoms with E-state index in [1.807, 2.05) is 4.90 Å². The summed E-state index contributed by atoms with van der Waals surface area (Å²) < 4.78 is 6.44. The third-order valence-electron chi connectivity index (χ3n) is 5.95. The highest BCUT2D eigenvalue weighted by molar-refractivity contribution is 5.97. The van der Waals surface area contributed by atoms with E-state index in [-0.39, 0.29) is 23.5 Å². The summed E-state index contributed by atoms with van der Waals surface area (Å²) in [5, 5.41) is 0.563. The molecule has 1 amide bonds. The zero-order valence-corrected chi connectivity index (χ0v) is 16.9. The molecule has 2 aromatic rings. The molecule has 0 radical (unpaired) electrons. The SMILES string of the molecule is COC(=O)CCN1CCN(C(=O)c2ccc3c(=O)n4c(nc3c2)CCC4)CC1C. The van der Waals surface area contributed by atoms with E-state index in [1.54, 1.807) is 22.8 Å². The molecule has 0 saturated carbocycles. The van der Waals surface area contributed by atoms with E-state index in [2.05, 4.69) is 16.8 Å². The lowest BCUT2D eigenvalue weighted by Gasteiger charge is -2.39. The first-order chi connectivity index (χ1) is 14.0. The second-order valence-electron chi connectivity index (χ2n) is 7.78. The lowest BCUT2D eigenvalue weighted by molar-refractivity contribution is -0.141. The predicted molar refractivity (Wildman–Crippen MR) is 108 cm³/mol. The lowest BCUT2D eigenvalue weighted by atomic mass is 10.1. The average molecular weight is 398 g/mol. The summed E-state index contributed by atoms with van der Waals surface area (Å²) in [5.41, 5.74) is 1.13. The van der Waals surface area contributed by atoms with E-state index < -0.39 is 0 Å². The molecule has 0 spiro atoms. The number of rotatable bonds is 4. The Morgan fingerprint density at radius 1 is 1.24 bits per heavy atom. The molecule has 0 aliphatic carbocycles. The molecule has 8 nitrogen and oxygen atoms in total. The van der Waals surface area contributed by atoms with Gasteiger partial charge in [-0.05, 0) is 31.5 Å². The van der Waals surface area contributed by atoms with Crippen LogP contribution in [0.3, 0.4) is 0 Å². The van der Waals surface area contributed by atoms with E-state index in [9.17, 15) is 14.4 Å². The highest BCUT2D eigenvalue weighted by atomic mass is 16.5. The van der Waals surface area contributed by atoms with Gasteiger partial charge in [0.1, 0.15) is 5.82 Å². The number of benzene rings is 1. The quantitative estimate of drug-likeness (QED) is 0.716.